The third-order valence-electron chi connectivity index (χ3n) is 7.48. The van der Waals surface area contributed by atoms with E-state index in [1.54, 1.807) is 0 Å². The zero-order valence-electron chi connectivity index (χ0n) is 19.9. The molecular formula is C28H33N5O. The number of nitrogens with zero attached hydrogens (tertiary/aromatic N) is 5. The summed E-state index contributed by atoms with van der Waals surface area (Å²) in [7, 11) is 0. The third kappa shape index (κ3) is 4.40. The molecule has 1 unspecified atom stereocenters. The Hall–Kier alpha value is -2.96. The Balaban J connectivity index is 1.14. The average Bonchev–Trinajstić information content (AvgIpc) is 3.60. The minimum Gasteiger partial charge on any atom is -0.357 e. The summed E-state index contributed by atoms with van der Waals surface area (Å²) >= 11 is 0. The summed E-state index contributed by atoms with van der Waals surface area (Å²) in [6, 6.07) is 18.1. The largest absolute Gasteiger partial charge is 0.357 e. The van der Waals surface area contributed by atoms with E-state index in [4.69, 9.17) is 9.84 Å². The van der Waals surface area contributed by atoms with Crippen molar-refractivity contribution in [2.45, 2.75) is 58.0 Å². The minimum atomic E-state index is 0.0734. The van der Waals surface area contributed by atoms with Gasteiger partial charge in [0.2, 0.25) is 0 Å². The van der Waals surface area contributed by atoms with E-state index in [1.165, 1.54) is 34.9 Å². The molecule has 34 heavy (non-hydrogen) atoms. The second-order valence-electron chi connectivity index (χ2n) is 10.00. The van der Waals surface area contributed by atoms with E-state index in [2.05, 4.69) is 76.3 Å². The quantitative estimate of drug-likeness (QED) is 0.385. The molecule has 2 saturated heterocycles. The molecular weight excluding hydrogens is 422 g/mol. The zero-order chi connectivity index (χ0) is 22.9. The Morgan fingerprint density at radius 1 is 1.00 bits per heavy atom. The highest BCUT2D eigenvalue weighted by Crippen LogP contribution is 2.30. The Kier molecular flexibility index (Phi) is 5.93. The number of likely N-dealkylation sites (tertiary alicyclic amines) is 1. The molecule has 3 atom stereocenters. The van der Waals surface area contributed by atoms with Crippen LogP contribution in [0.3, 0.4) is 0 Å². The first-order valence-corrected chi connectivity index (χ1v) is 12.6. The normalized spacial score (nSPS) is 23.6. The molecule has 0 aliphatic carbocycles. The van der Waals surface area contributed by atoms with Gasteiger partial charge in [-0.2, -0.15) is 10.2 Å². The van der Waals surface area contributed by atoms with Crippen LogP contribution >= 0.6 is 0 Å². The van der Waals surface area contributed by atoms with Crippen LogP contribution in [0.2, 0.25) is 0 Å². The Labute approximate surface area is 201 Å². The molecule has 0 spiro atoms. The summed E-state index contributed by atoms with van der Waals surface area (Å²) in [5.74, 6) is 0.621. The van der Waals surface area contributed by atoms with E-state index < -0.39 is 0 Å². The van der Waals surface area contributed by atoms with Crippen molar-refractivity contribution in [3.05, 3.63) is 72.7 Å². The number of hydrogen-bond donors (Lipinski definition) is 0. The summed E-state index contributed by atoms with van der Waals surface area (Å²) in [5, 5.41) is 10.5. The molecule has 2 aromatic carbocycles. The first-order valence-electron chi connectivity index (χ1n) is 12.6. The Morgan fingerprint density at radius 2 is 1.91 bits per heavy atom. The van der Waals surface area contributed by atoms with E-state index in [1.807, 2.05) is 17.1 Å². The van der Waals surface area contributed by atoms with Gasteiger partial charge < -0.3 is 4.74 Å². The molecule has 2 aromatic heterocycles. The van der Waals surface area contributed by atoms with Crippen LogP contribution in [0.5, 0.6) is 0 Å². The van der Waals surface area contributed by atoms with Crippen LogP contribution in [0, 0.1) is 5.92 Å². The van der Waals surface area contributed by atoms with Crippen molar-refractivity contribution in [3.8, 4) is 11.1 Å². The molecule has 2 fully saturated rings. The molecule has 0 amide bonds. The lowest BCUT2D eigenvalue weighted by Gasteiger charge is -2.22. The lowest BCUT2D eigenvalue weighted by molar-refractivity contribution is -0.0394. The summed E-state index contributed by atoms with van der Waals surface area (Å²) < 4.78 is 10.1. The predicted octanol–water partition coefficient (Wildman–Crippen LogP) is 5.51. The fraction of sp³-hybridized carbons (Fsp3) is 0.429. The van der Waals surface area contributed by atoms with Gasteiger partial charge in [0.05, 0.1) is 17.9 Å². The van der Waals surface area contributed by atoms with Crippen LogP contribution in [0.25, 0.3) is 22.0 Å². The van der Waals surface area contributed by atoms with Gasteiger partial charge in [-0.1, -0.05) is 36.4 Å². The second kappa shape index (κ2) is 9.35. The van der Waals surface area contributed by atoms with Crippen molar-refractivity contribution in [3.63, 3.8) is 0 Å². The summed E-state index contributed by atoms with van der Waals surface area (Å²) in [6.07, 6.45) is 10.8. The van der Waals surface area contributed by atoms with Crippen LogP contribution in [0.1, 0.15) is 44.4 Å². The zero-order valence-corrected chi connectivity index (χ0v) is 19.9. The molecule has 6 heteroatoms. The van der Waals surface area contributed by atoms with Crippen molar-refractivity contribution >= 4 is 10.9 Å². The minimum absolute atomic E-state index is 0.0734. The SMILES string of the molecule is C[C@@H]1C[C@H](Cn2ncc3cc(-c4cnn(C5CCCCO5)c4)ccc32)CN1Cc1ccccc1. The smallest absolute Gasteiger partial charge is 0.150 e. The second-order valence-corrected chi connectivity index (χ2v) is 10.00. The van der Waals surface area contributed by atoms with Crippen LogP contribution in [-0.2, 0) is 17.8 Å². The number of ether oxygens (including phenoxy) is 1. The van der Waals surface area contributed by atoms with Gasteiger partial charge in [-0.3, -0.25) is 9.58 Å². The van der Waals surface area contributed by atoms with Gasteiger partial charge in [-0.15, -0.1) is 0 Å². The monoisotopic (exact) mass is 455 g/mol. The third-order valence-corrected chi connectivity index (χ3v) is 7.48. The molecule has 176 valence electrons. The van der Waals surface area contributed by atoms with Gasteiger partial charge in [-0.25, -0.2) is 4.68 Å². The van der Waals surface area contributed by atoms with E-state index >= 15 is 0 Å². The van der Waals surface area contributed by atoms with Crippen molar-refractivity contribution < 1.29 is 4.74 Å². The van der Waals surface area contributed by atoms with Crippen molar-refractivity contribution in [2.24, 2.45) is 5.92 Å². The van der Waals surface area contributed by atoms with E-state index in [-0.39, 0.29) is 6.23 Å². The standard InChI is InChI=1S/C28H33N5O/c1-21-13-23(18-31(21)17-22-7-3-2-4-8-22)19-32-27-11-10-24(14-25(27)15-29-32)26-16-30-33(20-26)28-9-5-6-12-34-28/h2-4,7-8,10-11,14-16,20-21,23,28H,5-6,9,12-13,17-19H2,1H3/t21-,23+,28?/m1/s1. The lowest BCUT2D eigenvalue weighted by atomic mass is 10.1. The van der Waals surface area contributed by atoms with Gasteiger partial charge in [-0.05, 0) is 61.8 Å². The molecule has 2 aliphatic rings. The van der Waals surface area contributed by atoms with Crippen molar-refractivity contribution in [2.75, 3.05) is 13.2 Å². The summed E-state index contributed by atoms with van der Waals surface area (Å²) in [6.45, 7) is 6.30. The first-order chi connectivity index (χ1) is 16.7. The molecule has 0 radical (unpaired) electrons. The lowest BCUT2D eigenvalue weighted by Crippen LogP contribution is -2.26. The highest BCUT2D eigenvalue weighted by molar-refractivity contribution is 5.84. The number of aromatic nitrogens is 4. The van der Waals surface area contributed by atoms with Crippen LogP contribution in [-0.4, -0.2) is 43.7 Å². The predicted molar refractivity (Wildman–Crippen MR) is 134 cm³/mol. The molecule has 0 saturated carbocycles. The van der Waals surface area contributed by atoms with Crippen LogP contribution in [0.15, 0.2) is 67.1 Å². The molecule has 4 heterocycles. The molecule has 6 nitrogen and oxygen atoms in total. The molecule has 6 rings (SSSR count). The maximum Gasteiger partial charge on any atom is 0.150 e. The van der Waals surface area contributed by atoms with Crippen molar-refractivity contribution in [1.82, 2.24) is 24.5 Å². The topological polar surface area (TPSA) is 48.1 Å². The van der Waals surface area contributed by atoms with Gasteiger partial charge in [0.15, 0.2) is 0 Å². The van der Waals surface area contributed by atoms with E-state index in [9.17, 15) is 0 Å². The van der Waals surface area contributed by atoms with Gasteiger partial charge >= 0.3 is 0 Å². The maximum absolute atomic E-state index is 5.88. The summed E-state index contributed by atoms with van der Waals surface area (Å²) in [5.41, 5.74) is 4.91. The number of rotatable bonds is 6. The highest BCUT2D eigenvalue weighted by atomic mass is 16.5. The van der Waals surface area contributed by atoms with Gasteiger partial charge in [0, 0.05) is 49.4 Å². The fourth-order valence-corrected chi connectivity index (χ4v) is 5.62. The van der Waals surface area contributed by atoms with E-state index in [0.717, 1.165) is 44.6 Å². The van der Waals surface area contributed by atoms with Crippen LogP contribution in [0.4, 0.5) is 0 Å². The van der Waals surface area contributed by atoms with Gasteiger partial charge in [0.1, 0.15) is 6.23 Å². The number of benzene rings is 2. The highest BCUT2D eigenvalue weighted by Gasteiger charge is 2.29. The molecule has 2 aliphatic heterocycles. The number of fused-ring (bicyclic) bond motifs is 1. The summed E-state index contributed by atoms with van der Waals surface area (Å²) in [4.78, 5) is 2.61. The fourth-order valence-electron chi connectivity index (χ4n) is 5.62. The Bertz CT molecular complexity index is 1240. The molecule has 4 aromatic rings. The first kappa shape index (κ1) is 21.6. The Morgan fingerprint density at radius 3 is 2.76 bits per heavy atom. The molecule has 0 bridgehead atoms. The van der Waals surface area contributed by atoms with Gasteiger partial charge in [0.25, 0.3) is 0 Å². The maximum atomic E-state index is 5.88. The number of hydrogen-bond acceptors (Lipinski definition) is 4. The van der Waals surface area contributed by atoms with E-state index in [0.29, 0.717) is 12.0 Å². The average molecular weight is 456 g/mol. The molecule has 0 N–H and O–H groups in total. The van der Waals surface area contributed by atoms with Crippen molar-refractivity contribution in [1.29, 1.82) is 0 Å². The van der Waals surface area contributed by atoms with Crippen LogP contribution < -0.4 is 0 Å².